The largest absolute Gasteiger partial charge is 0.462 e. The minimum Gasteiger partial charge on any atom is -0.462 e. The van der Waals surface area contributed by atoms with Crippen molar-refractivity contribution in [3.63, 3.8) is 0 Å². The van der Waals surface area contributed by atoms with Crippen LogP contribution in [0.5, 0.6) is 0 Å². The van der Waals surface area contributed by atoms with Crippen LogP contribution >= 0.6 is 0 Å². The molecule has 0 saturated carbocycles. The topological polar surface area (TPSA) is 78.9 Å². The van der Waals surface area contributed by atoms with Crippen LogP contribution in [0.3, 0.4) is 0 Å². The highest BCUT2D eigenvalue weighted by atomic mass is 16.6. The fraction of sp³-hybridized carbons (Fsp3) is 0.758. The third-order valence-corrected chi connectivity index (χ3v) is 12.5. The van der Waals surface area contributed by atoms with E-state index in [9.17, 15) is 14.4 Å². The average Bonchev–Trinajstić information content (AvgIpc) is 3.34. The molecule has 0 aromatic rings. The van der Waals surface area contributed by atoms with Gasteiger partial charge in [-0.1, -0.05) is 241 Å². The lowest BCUT2D eigenvalue weighted by atomic mass is 10.1. The molecule has 0 fully saturated rings. The number of hydrogen-bond donors (Lipinski definition) is 0. The number of rotatable bonds is 52. The molecule has 0 saturated heterocycles. The van der Waals surface area contributed by atoms with Crippen LogP contribution in [0, 0.1) is 0 Å². The van der Waals surface area contributed by atoms with Gasteiger partial charge in [-0.2, -0.15) is 0 Å². The fourth-order valence-corrected chi connectivity index (χ4v) is 8.09. The van der Waals surface area contributed by atoms with Gasteiger partial charge in [-0.25, -0.2) is 0 Å². The standard InChI is InChI=1S/C62H108O6/c1-4-7-10-13-16-19-22-25-28-31-32-35-37-40-43-46-49-52-55-61(64)67-58-59(68-62(65)56-53-50-47-44-41-38-34-30-27-24-21-18-15-12-9-6-3)57-66-60(63)54-51-48-45-42-39-36-33-29-26-23-20-17-14-11-8-5-2/h16,19,22,25,28-35,59H,4-15,17-18,20-21,23-24,26-27,36-58H2,1-3H3/b19-16-,25-22-,31-28-,33-29-,34-30-,35-32-. The summed E-state index contributed by atoms with van der Waals surface area (Å²) in [6, 6.07) is 0. The molecule has 1 unspecified atom stereocenters. The van der Waals surface area contributed by atoms with Crippen LogP contribution in [0.25, 0.3) is 0 Å². The summed E-state index contributed by atoms with van der Waals surface area (Å²) in [6.45, 7) is 6.58. The van der Waals surface area contributed by atoms with Crippen molar-refractivity contribution < 1.29 is 28.6 Å². The molecule has 1 atom stereocenters. The summed E-state index contributed by atoms with van der Waals surface area (Å²) in [5, 5.41) is 0. The van der Waals surface area contributed by atoms with Gasteiger partial charge in [0.25, 0.3) is 0 Å². The third kappa shape index (κ3) is 53.8. The molecule has 0 aliphatic rings. The molecule has 0 rings (SSSR count). The molecular formula is C62H108O6. The lowest BCUT2D eigenvalue weighted by Crippen LogP contribution is -2.30. The van der Waals surface area contributed by atoms with Crippen molar-refractivity contribution in [2.24, 2.45) is 0 Å². The first-order valence-electron chi connectivity index (χ1n) is 29.0. The van der Waals surface area contributed by atoms with Crippen LogP contribution < -0.4 is 0 Å². The van der Waals surface area contributed by atoms with Gasteiger partial charge in [0.15, 0.2) is 6.10 Å². The number of unbranched alkanes of at least 4 members (excludes halogenated alkanes) is 32. The lowest BCUT2D eigenvalue weighted by Gasteiger charge is -2.18. The number of hydrogen-bond acceptors (Lipinski definition) is 6. The molecular weight excluding hydrogens is 841 g/mol. The van der Waals surface area contributed by atoms with E-state index in [0.29, 0.717) is 19.3 Å². The Labute approximate surface area is 421 Å². The molecule has 0 aliphatic carbocycles. The lowest BCUT2D eigenvalue weighted by molar-refractivity contribution is -0.167. The predicted octanol–water partition coefficient (Wildman–Crippen LogP) is 19.4. The average molecular weight is 950 g/mol. The summed E-state index contributed by atoms with van der Waals surface area (Å²) in [4.78, 5) is 38.2. The van der Waals surface area contributed by atoms with Gasteiger partial charge in [-0.05, 0) is 96.3 Å². The van der Waals surface area contributed by atoms with Crippen LogP contribution in [-0.4, -0.2) is 37.2 Å². The summed E-state index contributed by atoms with van der Waals surface area (Å²) < 4.78 is 16.8. The van der Waals surface area contributed by atoms with Crippen LogP contribution in [0.15, 0.2) is 72.9 Å². The SMILES string of the molecule is CCCCC\C=C/C=C\C=C/C=C\CCCCCCCC(=O)OCC(COC(=O)CCCCCCC/C=C\CCCCCCCCC)OC(=O)CCCCCCC/C=C\CCCCCCCCC. The molecule has 0 aliphatic heterocycles. The summed E-state index contributed by atoms with van der Waals surface area (Å²) in [7, 11) is 0. The van der Waals surface area contributed by atoms with E-state index < -0.39 is 6.10 Å². The maximum Gasteiger partial charge on any atom is 0.306 e. The van der Waals surface area contributed by atoms with E-state index in [1.165, 1.54) is 141 Å². The summed E-state index contributed by atoms with van der Waals surface area (Å²) in [5.41, 5.74) is 0. The molecule has 0 N–H and O–H groups in total. The van der Waals surface area contributed by atoms with Gasteiger partial charge in [-0.3, -0.25) is 14.4 Å². The second kappa shape index (κ2) is 56.4. The maximum absolute atomic E-state index is 12.9. The number of allylic oxidation sites excluding steroid dienone is 12. The number of esters is 3. The van der Waals surface area contributed by atoms with Crippen molar-refractivity contribution in [1.29, 1.82) is 0 Å². The van der Waals surface area contributed by atoms with Gasteiger partial charge >= 0.3 is 17.9 Å². The molecule has 6 heteroatoms. The highest BCUT2D eigenvalue weighted by molar-refractivity contribution is 5.71. The van der Waals surface area contributed by atoms with Crippen LogP contribution in [-0.2, 0) is 28.6 Å². The van der Waals surface area contributed by atoms with Crippen molar-refractivity contribution in [3.05, 3.63) is 72.9 Å². The fourth-order valence-electron chi connectivity index (χ4n) is 8.09. The zero-order chi connectivity index (χ0) is 49.3. The van der Waals surface area contributed by atoms with Crippen molar-refractivity contribution in [2.75, 3.05) is 13.2 Å². The second-order valence-electron chi connectivity index (χ2n) is 19.3. The van der Waals surface area contributed by atoms with E-state index in [2.05, 4.69) is 93.7 Å². The molecule has 0 aromatic heterocycles. The zero-order valence-electron chi connectivity index (χ0n) is 44.9. The van der Waals surface area contributed by atoms with Gasteiger partial charge in [0.05, 0.1) is 0 Å². The van der Waals surface area contributed by atoms with Crippen molar-refractivity contribution in [2.45, 2.75) is 290 Å². The van der Waals surface area contributed by atoms with Crippen LogP contribution in [0.4, 0.5) is 0 Å². The van der Waals surface area contributed by atoms with Gasteiger partial charge in [-0.15, -0.1) is 0 Å². The zero-order valence-corrected chi connectivity index (χ0v) is 44.9. The molecule has 0 spiro atoms. The first-order valence-corrected chi connectivity index (χ1v) is 29.0. The van der Waals surface area contributed by atoms with Gasteiger partial charge in [0, 0.05) is 19.3 Å². The summed E-state index contributed by atoms with van der Waals surface area (Å²) in [5.74, 6) is -0.921. The van der Waals surface area contributed by atoms with E-state index in [0.717, 1.165) is 103 Å². The molecule has 0 heterocycles. The van der Waals surface area contributed by atoms with E-state index in [1.807, 2.05) is 0 Å². The highest BCUT2D eigenvalue weighted by Gasteiger charge is 2.19. The van der Waals surface area contributed by atoms with Crippen LogP contribution in [0.2, 0.25) is 0 Å². The van der Waals surface area contributed by atoms with E-state index in [-0.39, 0.29) is 31.1 Å². The highest BCUT2D eigenvalue weighted by Crippen LogP contribution is 2.15. The van der Waals surface area contributed by atoms with Gasteiger partial charge < -0.3 is 14.2 Å². The molecule has 392 valence electrons. The minimum absolute atomic E-state index is 0.0903. The van der Waals surface area contributed by atoms with E-state index >= 15 is 0 Å². The predicted molar refractivity (Wildman–Crippen MR) is 293 cm³/mol. The Bertz CT molecular complexity index is 1270. The number of carbonyl (C=O) groups excluding carboxylic acids is 3. The quantitative estimate of drug-likeness (QED) is 0.0199. The minimum atomic E-state index is -0.793. The Hall–Kier alpha value is -3.15. The van der Waals surface area contributed by atoms with Crippen molar-refractivity contribution >= 4 is 17.9 Å². The number of carbonyl (C=O) groups is 3. The van der Waals surface area contributed by atoms with Gasteiger partial charge in [0.2, 0.25) is 0 Å². The van der Waals surface area contributed by atoms with Crippen molar-refractivity contribution in [1.82, 2.24) is 0 Å². The van der Waals surface area contributed by atoms with Gasteiger partial charge in [0.1, 0.15) is 13.2 Å². The molecule has 0 aromatic carbocycles. The summed E-state index contributed by atoms with van der Waals surface area (Å²) in [6.07, 6.45) is 71.7. The Kier molecular flexibility index (Phi) is 53.8. The molecule has 0 radical (unpaired) electrons. The Balaban J connectivity index is 4.45. The number of ether oxygens (including phenoxy) is 3. The molecule has 68 heavy (non-hydrogen) atoms. The smallest absolute Gasteiger partial charge is 0.306 e. The van der Waals surface area contributed by atoms with E-state index in [4.69, 9.17) is 14.2 Å². The molecule has 0 amide bonds. The first kappa shape index (κ1) is 64.8. The van der Waals surface area contributed by atoms with Crippen molar-refractivity contribution in [3.8, 4) is 0 Å². The summed E-state index contributed by atoms with van der Waals surface area (Å²) >= 11 is 0. The van der Waals surface area contributed by atoms with E-state index in [1.54, 1.807) is 0 Å². The third-order valence-electron chi connectivity index (χ3n) is 12.5. The Morgan fingerprint density at radius 2 is 0.544 bits per heavy atom. The molecule has 0 bridgehead atoms. The second-order valence-corrected chi connectivity index (χ2v) is 19.3. The maximum atomic E-state index is 12.9. The first-order chi connectivity index (χ1) is 33.5. The Morgan fingerprint density at radius 1 is 0.294 bits per heavy atom. The molecule has 6 nitrogen and oxygen atoms in total. The normalized spacial score (nSPS) is 12.6. The Morgan fingerprint density at radius 3 is 0.897 bits per heavy atom. The van der Waals surface area contributed by atoms with Crippen LogP contribution in [0.1, 0.15) is 284 Å². The monoisotopic (exact) mass is 949 g/mol.